The minimum Gasteiger partial charge on any atom is -0.497 e. The van der Waals surface area contributed by atoms with Crippen molar-refractivity contribution in [2.45, 2.75) is 12.5 Å². The zero-order valence-electron chi connectivity index (χ0n) is 15.7. The van der Waals surface area contributed by atoms with Crippen molar-refractivity contribution in [1.29, 1.82) is 0 Å². The zero-order chi connectivity index (χ0) is 21.4. The molecule has 0 amide bonds. The number of methoxy groups -OCH3 is 1. The molecular weight excluding hydrogens is 464 g/mol. The summed E-state index contributed by atoms with van der Waals surface area (Å²) >= 11 is 3.36. The van der Waals surface area contributed by atoms with Gasteiger partial charge in [-0.15, -0.1) is 0 Å². The van der Waals surface area contributed by atoms with Crippen molar-refractivity contribution >= 4 is 27.3 Å². The number of halogens is 5. The Morgan fingerprint density at radius 2 is 1.53 bits per heavy atom. The number of ether oxygens (including phenoxy) is 1. The summed E-state index contributed by atoms with van der Waals surface area (Å²) in [6.45, 7) is 0. The van der Waals surface area contributed by atoms with Crippen LogP contribution in [0.2, 0.25) is 0 Å². The number of hydrogen-bond donors (Lipinski definition) is 0. The maximum absolute atomic E-state index is 14.6. The van der Waals surface area contributed by atoms with Crippen molar-refractivity contribution in [3.63, 3.8) is 0 Å². The van der Waals surface area contributed by atoms with E-state index in [1.807, 2.05) is 12.1 Å². The maximum atomic E-state index is 14.6. The van der Waals surface area contributed by atoms with Crippen LogP contribution in [-0.4, -0.2) is 12.8 Å². The third-order valence-corrected chi connectivity index (χ3v) is 5.43. The lowest BCUT2D eigenvalue weighted by Crippen LogP contribution is -2.22. The van der Waals surface area contributed by atoms with Crippen LogP contribution >= 0.6 is 15.9 Å². The van der Waals surface area contributed by atoms with E-state index in [2.05, 4.69) is 21.0 Å². The summed E-state index contributed by atoms with van der Waals surface area (Å²) in [7, 11) is 1.52. The first kappa shape index (κ1) is 20.4. The van der Waals surface area contributed by atoms with E-state index in [-0.39, 0.29) is 12.5 Å². The first-order valence-corrected chi connectivity index (χ1v) is 9.78. The average molecular weight is 479 g/mol. The molecule has 4 rings (SSSR count). The zero-order valence-corrected chi connectivity index (χ0v) is 17.3. The Balaban J connectivity index is 1.84. The maximum Gasteiger partial charge on any atom is 0.187 e. The smallest absolute Gasteiger partial charge is 0.187 e. The molecule has 0 N–H and O–H groups in total. The third-order valence-electron chi connectivity index (χ3n) is 4.91. The molecule has 0 fully saturated rings. The lowest BCUT2D eigenvalue weighted by Gasteiger charge is -2.25. The van der Waals surface area contributed by atoms with Crippen molar-refractivity contribution in [3.8, 4) is 5.75 Å². The van der Waals surface area contributed by atoms with Gasteiger partial charge < -0.3 is 4.74 Å². The summed E-state index contributed by atoms with van der Waals surface area (Å²) in [4.78, 5) is 0. The Bertz CT molecular complexity index is 1090. The monoisotopic (exact) mass is 478 g/mol. The molecule has 1 heterocycles. The minimum atomic E-state index is -1.49. The first-order chi connectivity index (χ1) is 14.4. The number of hydrogen-bond acceptors (Lipinski definition) is 3. The van der Waals surface area contributed by atoms with Crippen LogP contribution in [0.1, 0.15) is 23.6 Å². The summed E-state index contributed by atoms with van der Waals surface area (Å²) in [6, 6.07) is 13.6. The van der Waals surface area contributed by atoms with Gasteiger partial charge in [-0.1, -0.05) is 40.2 Å². The molecule has 3 aromatic carbocycles. The Morgan fingerprint density at radius 3 is 2.10 bits per heavy atom. The quantitative estimate of drug-likeness (QED) is 0.321. The van der Waals surface area contributed by atoms with Crippen molar-refractivity contribution in [2.75, 3.05) is 12.1 Å². The fraction of sp³-hybridized carbons (Fsp3) is 0.136. The number of nitrogens with zero attached hydrogens (tertiary/aromatic N) is 2. The summed E-state index contributed by atoms with van der Waals surface area (Å²) in [5.74, 6) is -5.35. The molecule has 0 bridgehead atoms. The van der Waals surface area contributed by atoms with Gasteiger partial charge in [-0.25, -0.2) is 17.6 Å². The van der Waals surface area contributed by atoms with Crippen LogP contribution in [0.15, 0.2) is 64.2 Å². The van der Waals surface area contributed by atoms with E-state index in [4.69, 9.17) is 4.74 Å². The Labute approximate surface area is 178 Å². The van der Waals surface area contributed by atoms with Crippen LogP contribution in [0.3, 0.4) is 0 Å². The van der Waals surface area contributed by atoms with E-state index in [0.29, 0.717) is 17.0 Å². The third kappa shape index (κ3) is 3.67. The first-order valence-electron chi connectivity index (χ1n) is 8.98. The topological polar surface area (TPSA) is 24.8 Å². The van der Waals surface area contributed by atoms with Gasteiger partial charge in [0, 0.05) is 17.0 Å². The van der Waals surface area contributed by atoms with E-state index in [9.17, 15) is 17.6 Å². The molecule has 30 heavy (non-hydrogen) atoms. The van der Waals surface area contributed by atoms with Gasteiger partial charge >= 0.3 is 0 Å². The van der Waals surface area contributed by atoms with Gasteiger partial charge in [0.15, 0.2) is 23.3 Å². The Kier molecular flexibility index (Phi) is 5.51. The van der Waals surface area contributed by atoms with Gasteiger partial charge in [0.1, 0.15) is 11.4 Å². The van der Waals surface area contributed by atoms with E-state index in [0.717, 1.165) is 15.0 Å². The Morgan fingerprint density at radius 1 is 0.933 bits per heavy atom. The van der Waals surface area contributed by atoms with Crippen LogP contribution in [0.4, 0.5) is 23.2 Å². The highest BCUT2D eigenvalue weighted by molar-refractivity contribution is 9.10. The molecule has 154 valence electrons. The SMILES string of the molecule is COc1ccc([C@H]2CC(c3ccc(Br)cc3)=NN2c2c(F)c(F)cc(F)c2F)cc1. The predicted octanol–water partition coefficient (Wildman–Crippen LogP) is 6.37. The van der Waals surface area contributed by atoms with Crippen molar-refractivity contribution < 1.29 is 22.3 Å². The molecule has 0 aliphatic carbocycles. The molecule has 0 aromatic heterocycles. The lowest BCUT2D eigenvalue weighted by atomic mass is 9.98. The number of anilines is 1. The highest BCUT2D eigenvalue weighted by Gasteiger charge is 2.35. The second kappa shape index (κ2) is 8.10. The van der Waals surface area contributed by atoms with Crippen LogP contribution in [-0.2, 0) is 0 Å². The molecule has 1 aliphatic heterocycles. The number of rotatable bonds is 4. The van der Waals surface area contributed by atoms with E-state index in [1.165, 1.54) is 7.11 Å². The fourth-order valence-electron chi connectivity index (χ4n) is 3.38. The van der Waals surface area contributed by atoms with Crippen molar-refractivity contribution in [1.82, 2.24) is 0 Å². The molecule has 0 saturated heterocycles. The number of benzene rings is 3. The molecule has 1 aliphatic rings. The minimum absolute atomic E-state index is 0.186. The summed E-state index contributed by atoms with van der Waals surface area (Å²) in [6.07, 6.45) is 0.283. The highest BCUT2D eigenvalue weighted by Crippen LogP contribution is 2.40. The van der Waals surface area contributed by atoms with Crippen molar-refractivity contribution in [2.24, 2.45) is 5.10 Å². The number of hydrazone groups is 1. The summed E-state index contributed by atoms with van der Waals surface area (Å²) in [5, 5.41) is 5.36. The van der Waals surface area contributed by atoms with E-state index >= 15 is 0 Å². The van der Waals surface area contributed by atoms with Gasteiger partial charge in [-0.2, -0.15) is 5.10 Å². The van der Waals surface area contributed by atoms with Crippen LogP contribution < -0.4 is 9.75 Å². The van der Waals surface area contributed by atoms with Gasteiger partial charge in [0.25, 0.3) is 0 Å². The summed E-state index contributed by atoms with van der Waals surface area (Å²) < 4.78 is 62.9. The van der Waals surface area contributed by atoms with Crippen LogP contribution in [0.5, 0.6) is 5.75 Å². The predicted molar refractivity (Wildman–Crippen MR) is 110 cm³/mol. The fourth-order valence-corrected chi connectivity index (χ4v) is 3.65. The molecular formula is C22H15BrF4N2O. The molecule has 3 aromatic rings. The van der Waals surface area contributed by atoms with Crippen molar-refractivity contribution in [3.05, 3.63) is 93.5 Å². The normalized spacial score (nSPS) is 16.0. The second-order valence-electron chi connectivity index (χ2n) is 6.71. The molecule has 0 unspecified atom stereocenters. The van der Waals surface area contributed by atoms with Gasteiger partial charge in [0.05, 0.1) is 18.9 Å². The van der Waals surface area contributed by atoms with E-state index in [1.54, 1.807) is 36.4 Å². The Hall–Kier alpha value is -2.87. The molecule has 3 nitrogen and oxygen atoms in total. The van der Waals surface area contributed by atoms with Gasteiger partial charge in [-0.05, 0) is 35.4 Å². The summed E-state index contributed by atoms with van der Waals surface area (Å²) in [5.41, 5.74) is 1.07. The largest absolute Gasteiger partial charge is 0.497 e. The standard InChI is InChI=1S/C22H15BrF4N2O/c1-30-15-8-4-13(5-9-15)19-11-18(12-2-6-14(23)7-3-12)28-29(19)22-20(26)16(24)10-17(25)21(22)27/h2-10,19H,11H2,1H3/t19-/m1/s1. The molecule has 0 spiro atoms. The van der Waals surface area contributed by atoms with Crippen LogP contribution in [0, 0.1) is 23.3 Å². The second-order valence-corrected chi connectivity index (χ2v) is 7.62. The van der Waals surface area contributed by atoms with Gasteiger partial charge in [0.2, 0.25) is 0 Å². The van der Waals surface area contributed by atoms with Crippen LogP contribution in [0.25, 0.3) is 0 Å². The van der Waals surface area contributed by atoms with E-state index < -0.39 is 35.0 Å². The average Bonchev–Trinajstić information content (AvgIpc) is 3.18. The molecule has 0 saturated carbocycles. The van der Waals surface area contributed by atoms with Gasteiger partial charge in [-0.3, -0.25) is 5.01 Å². The highest BCUT2D eigenvalue weighted by atomic mass is 79.9. The molecule has 8 heteroatoms. The molecule has 0 radical (unpaired) electrons. The lowest BCUT2D eigenvalue weighted by molar-refractivity contribution is 0.414. The molecule has 1 atom stereocenters.